The average molecular weight is 468 g/mol. The first-order chi connectivity index (χ1) is 12.5. The molecule has 26 heavy (non-hydrogen) atoms. The van der Waals surface area contributed by atoms with E-state index in [1.165, 1.54) is 7.11 Å². The lowest BCUT2D eigenvalue weighted by Gasteiger charge is -2.10. The summed E-state index contributed by atoms with van der Waals surface area (Å²) in [7, 11) is 1.45. The number of halogens is 1. The molecular formula is C18H17IN2O5. The number of ether oxygens (including phenoxy) is 2. The van der Waals surface area contributed by atoms with E-state index in [0.717, 1.165) is 3.57 Å². The van der Waals surface area contributed by atoms with Crippen LogP contribution in [-0.4, -0.2) is 38.0 Å². The van der Waals surface area contributed by atoms with Gasteiger partial charge in [0, 0.05) is 3.57 Å². The van der Waals surface area contributed by atoms with Gasteiger partial charge in [-0.1, -0.05) is 24.3 Å². The van der Waals surface area contributed by atoms with Gasteiger partial charge < -0.3 is 20.1 Å². The summed E-state index contributed by atoms with van der Waals surface area (Å²) in [6, 6.07) is 13.9. The zero-order chi connectivity index (χ0) is 18.9. The summed E-state index contributed by atoms with van der Waals surface area (Å²) in [6.07, 6.45) is 0. The van der Waals surface area contributed by atoms with E-state index in [1.54, 1.807) is 36.4 Å². The molecule has 0 radical (unpaired) electrons. The summed E-state index contributed by atoms with van der Waals surface area (Å²) in [5, 5.41) is 5.07. The number of hydrogen-bond donors (Lipinski definition) is 2. The van der Waals surface area contributed by atoms with Crippen molar-refractivity contribution in [1.82, 2.24) is 5.32 Å². The zero-order valence-electron chi connectivity index (χ0n) is 14.0. The summed E-state index contributed by atoms with van der Waals surface area (Å²) in [6.45, 7) is -0.790. The molecule has 0 unspecified atom stereocenters. The number of carbonyl (C=O) groups is 3. The Morgan fingerprint density at radius 3 is 2.46 bits per heavy atom. The third-order valence-corrected chi connectivity index (χ3v) is 4.20. The summed E-state index contributed by atoms with van der Waals surface area (Å²) in [4.78, 5) is 35.6. The number of rotatable bonds is 7. The molecule has 0 heterocycles. The number of esters is 1. The van der Waals surface area contributed by atoms with Crippen molar-refractivity contribution in [3.8, 4) is 5.75 Å². The van der Waals surface area contributed by atoms with Gasteiger partial charge in [0.05, 0.1) is 18.4 Å². The molecule has 0 saturated carbocycles. The number of nitrogens with one attached hydrogen (secondary N) is 2. The molecule has 2 N–H and O–H groups in total. The van der Waals surface area contributed by atoms with Crippen molar-refractivity contribution >= 4 is 46.1 Å². The number of anilines is 1. The van der Waals surface area contributed by atoms with Gasteiger partial charge in [-0.3, -0.25) is 14.4 Å². The third-order valence-electron chi connectivity index (χ3n) is 3.26. The Hall–Kier alpha value is -2.62. The molecule has 0 aliphatic rings. The van der Waals surface area contributed by atoms with E-state index in [0.29, 0.717) is 17.0 Å². The van der Waals surface area contributed by atoms with Gasteiger partial charge in [-0.25, -0.2) is 0 Å². The van der Waals surface area contributed by atoms with Crippen molar-refractivity contribution in [2.75, 3.05) is 25.6 Å². The second-order valence-corrected chi connectivity index (χ2v) is 6.23. The first kappa shape index (κ1) is 19.7. The highest BCUT2D eigenvalue weighted by Crippen LogP contribution is 2.17. The smallest absolute Gasteiger partial charge is 0.325 e. The monoisotopic (exact) mass is 468 g/mol. The van der Waals surface area contributed by atoms with Gasteiger partial charge in [0.25, 0.3) is 11.8 Å². The fourth-order valence-electron chi connectivity index (χ4n) is 2.03. The molecule has 2 rings (SSSR count). The molecule has 0 bridgehead atoms. The highest BCUT2D eigenvalue weighted by Gasteiger charge is 2.14. The first-order valence-electron chi connectivity index (χ1n) is 7.62. The SMILES string of the molecule is COc1ccccc1C(=O)NCC(=O)OCC(=O)Nc1ccccc1I. The van der Waals surface area contributed by atoms with E-state index in [9.17, 15) is 14.4 Å². The Morgan fingerprint density at radius 1 is 1.04 bits per heavy atom. The number of benzene rings is 2. The van der Waals surface area contributed by atoms with Crippen LogP contribution in [0.2, 0.25) is 0 Å². The Bertz CT molecular complexity index is 810. The topological polar surface area (TPSA) is 93.7 Å². The van der Waals surface area contributed by atoms with Crippen LogP contribution >= 0.6 is 22.6 Å². The van der Waals surface area contributed by atoms with Gasteiger partial charge in [0.15, 0.2) is 6.61 Å². The molecule has 0 saturated heterocycles. The normalized spacial score (nSPS) is 9.92. The van der Waals surface area contributed by atoms with E-state index in [1.807, 2.05) is 12.1 Å². The zero-order valence-corrected chi connectivity index (χ0v) is 16.1. The van der Waals surface area contributed by atoms with Crippen LogP contribution in [0.15, 0.2) is 48.5 Å². The lowest BCUT2D eigenvalue weighted by Crippen LogP contribution is -2.32. The lowest BCUT2D eigenvalue weighted by molar-refractivity contribution is -0.146. The Balaban J connectivity index is 1.77. The first-order valence-corrected chi connectivity index (χ1v) is 8.70. The van der Waals surface area contributed by atoms with E-state index in [-0.39, 0.29) is 6.54 Å². The minimum absolute atomic E-state index is 0.305. The summed E-state index contributed by atoms with van der Waals surface area (Å²) in [5.41, 5.74) is 0.942. The highest BCUT2D eigenvalue weighted by atomic mass is 127. The average Bonchev–Trinajstić information content (AvgIpc) is 2.66. The van der Waals surface area contributed by atoms with Crippen LogP contribution in [0.4, 0.5) is 5.69 Å². The second kappa shape index (κ2) is 9.76. The van der Waals surface area contributed by atoms with E-state index >= 15 is 0 Å². The number of amides is 2. The van der Waals surface area contributed by atoms with Crippen molar-refractivity contribution in [1.29, 1.82) is 0 Å². The Labute approximate surface area is 164 Å². The van der Waals surface area contributed by atoms with Gasteiger partial charge >= 0.3 is 5.97 Å². The lowest BCUT2D eigenvalue weighted by atomic mass is 10.2. The molecule has 2 aromatic carbocycles. The molecule has 7 nitrogen and oxygen atoms in total. The standard InChI is InChI=1S/C18H17IN2O5/c1-25-15-9-5-2-6-12(15)18(24)20-10-17(23)26-11-16(22)21-14-8-4-3-7-13(14)19/h2-9H,10-11H2,1H3,(H,20,24)(H,21,22). The van der Waals surface area contributed by atoms with Gasteiger partial charge in [-0.05, 0) is 46.9 Å². The van der Waals surface area contributed by atoms with Crippen molar-refractivity contribution in [3.63, 3.8) is 0 Å². The fourth-order valence-corrected chi connectivity index (χ4v) is 2.55. The second-order valence-electron chi connectivity index (χ2n) is 5.07. The quantitative estimate of drug-likeness (QED) is 0.480. The van der Waals surface area contributed by atoms with Crippen LogP contribution in [0.1, 0.15) is 10.4 Å². The largest absolute Gasteiger partial charge is 0.496 e. The van der Waals surface area contributed by atoms with E-state index in [4.69, 9.17) is 9.47 Å². The minimum atomic E-state index is -0.717. The molecule has 0 atom stereocenters. The Morgan fingerprint density at radius 2 is 1.73 bits per heavy atom. The highest BCUT2D eigenvalue weighted by molar-refractivity contribution is 14.1. The van der Waals surface area contributed by atoms with Crippen LogP contribution in [0, 0.1) is 3.57 Å². The maximum absolute atomic E-state index is 12.1. The summed E-state index contributed by atoms with van der Waals surface area (Å²) in [5.74, 6) is -1.25. The molecule has 2 amide bonds. The van der Waals surface area contributed by atoms with Gasteiger partial charge in [0.1, 0.15) is 12.3 Å². The molecule has 0 aliphatic carbocycles. The van der Waals surface area contributed by atoms with Crippen molar-refractivity contribution in [2.24, 2.45) is 0 Å². The van der Waals surface area contributed by atoms with Crippen LogP contribution in [-0.2, 0) is 14.3 Å². The minimum Gasteiger partial charge on any atom is -0.496 e. The van der Waals surface area contributed by atoms with Crippen LogP contribution in [0.25, 0.3) is 0 Å². The maximum atomic E-state index is 12.1. The van der Waals surface area contributed by atoms with Gasteiger partial charge in [0.2, 0.25) is 0 Å². The predicted octanol–water partition coefficient (Wildman–Crippen LogP) is 2.21. The van der Waals surface area contributed by atoms with Gasteiger partial charge in [-0.2, -0.15) is 0 Å². The fraction of sp³-hybridized carbons (Fsp3) is 0.167. The number of methoxy groups -OCH3 is 1. The van der Waals surface area contributed by atoms with Crippen molar-refractivity contribution in [3.05, 3.63) is 57.7 Å². The molecular weight excluding hydrogens is 451 g/mol. The molecule has 8 heteroatoms. The number of hydrogen-bond acceptors (Lipinski definition) is 5. The molecule has 0 spiro atoms. The van der Waals surface area contributed by atoms with Crippen LogP contribution in [0.5, 0.6) is 5.75 Å². The van der Waals surface area contributed by atoms with Crippen LogP contribution in [0.3, 0.4) is 0 Å². The Kier molecular flexibility index (Phi) is 7.39. The summed E-state index contributed by atoms with van der Waals surface area (Å²) < 4.78 is 10.8. The van der Waals surface area contributed by atoms with Gasteiger partial charge in [-0.15, -0.1) is 0 Å². The molecule has 2 aromatic rings. The molecule has 0 fully saturated rings. The van der Waals surface area contributed by atoms with Crippen LogP contribution < -0.4 is 15.4 Å². The number of carbonyl (C=O) groups excluding carboxylic acids is 3. The molecule has 0 aromatic heterocycles. The molecule has 136 valence electrons. The van der Waals surface area contributed by atoms with Crippen molar-refractivity contribution in [2.45, 2.75) is 0 Å². The maximum Gasteiger partial charge on any atom is 0.325 e. The number of para-hydroxylation sites is 2. The molecule has 0 aliphatic heterocycles. The van der Waals surface area contributed by atoms with Crippen molar-refractivity contribution < 1.29 is 23.9 Å². The summed E-state index contributed by atoms with van der Waals surface area (Å²) >= 11 is 2.09. The third kappa shape index (κ3) is 5.73. The van der Waals surface area contributed by atoms with E-state index < -0.39 is 24.4 Å². The van der Waals surface area contributed by atoms with E-state index in [2.05, 4.69) is 33.2 Å². The predicted molar refractivity (Wildman–Crippen MR) is 104 cm³/mol.